The van der Waals surface area contributed by atoms with Crippen LogP contribution in [-0.2, 0) is 4.74 Å². The van der Waals surface area contributed by atoms with Crippen LogP contribution in [0.5, 0.6) is 0 Å². The number of fused-ring (bicyclic) bond motifs is 2. The molecule has 0 saturated heterocycles. The van der Waals surface area contributed by atoms with E-state index in [0.29, 0.717) is 22.9 Å². The number of thiol groups is 1. The molecular formula is C18H16O3S2. The third-order valence-electron chi connectivity index (χ3n) is 3.62. The van der Waals surface area contributed by atoms with E-state index >= 15 is 0 Å². The smallest absolute Gasteiger partial charge is 0.338 e. The van der Waals surface area contributed by atoms with Crippen LogP contribution in [0.15, 0.2) is 46.1 Å². The lowest BCUT2D eigenvalue weighted by molar-refractivity contribution is 0.0500. The topological polar surface area (TPSA) is 43.4 Å². The van der Waals surface area contributed by atoms with Gasteiger partial charge < -0.3 is 4.74 Å². The molecule has 3 aromatic rings. The monoisotopic (exact) mass is 344 g/mol. The molecule has 2 aromatic carbocycles. The summed E-state index contributed by atoms with van der Waals surface area (Å²) in [7, 11) is 0. The Hall–Kier alpha value is -1.85. The van der Waals surface area contributed by atoms with Crippen LogP contribution in [0.2, 0.25) is 0 Å². The van der Waals surface area contributed by atoms with E-state index in [-0.39, 0.29) is 11.4 Å². The summed E-state index contributed by atoms with van der Waals surface area (Å²) >= 11 is 5.78. The van der Waals surface area contributed by atoms with Crippen LogP contribution in [0.25, 0.3) is 20.2 Å². The number of rotatable bonds is 4. The largest absolute Gasteiger partial charge is 0.462 e. The first-order valence-electron chi connectivity index (χ1n) is 7.47. The summed E-state index contributed by atoms with van der Waals surface area (Å²) in [6, 6.07) is 10.6. The molecule has 0 N–H and O–H groups in total. The van der Waals surface area contributed by atoms with Gasteiger partial charge in [-0.3, -0.25) is 4.79 Å². The van der Waals surface area contributed by atoms with Gasteiger partial charge in [0, 0.05) is 25.1 Å². The van der Waals surface area contributed by atoms with Gasteiger partial charge >= 0.3 is 5.97 Å². The van der Waals surface area contributed by atoms with Gasteiger partial charge in [-0.25, -0.2) is 4.79 Å². The molecule has 0 atom stereocenters. The fraction of sp³-hybridized carbons (Fsp3) is 0.222. The second-order valence-corrected chi connectivity index (χ2v) is 6.91. The highest BCUT2D eigenvalue weighted by Gasteiger charge is 2.11. The van der Waals surface area contributed by atoms with Crippen LogP contribution in [0.1, 0.15) is 30.1 Å². The average Bonchev–Trinajstić information content (AvgIpc) is 2.55. The number of benzene rings is 2. The molecule has 0 aliphatic rings. The Kier molecular flexibility index (Phi) is 4.68. The number of hydrogen-bond acceptors (Lipinski definition) is 5. The second kappa shape index (κ2) is 6.72. The van der Waals surface area contributed by atoms with Crippen molar-refractivity contribution in [2.45, 2.75) is 24.7 Å². The minimum absolute atomic E-state index is 0.0319. The van der Waals surface area contributed by atoms with Crippen molar-refractivity contribution in [3.63, 3.8) is 0 Å². The predicted molar refractivity (Wildman–Crippen MR) is 98.0 cm³/mol. The molecule has 3 nitrogen and oxygen atoms in total. The fourth-order valence-corrected chi connectivity index (χ4v) is 3.66. The van der Waals surface area contributed by atoms with Crippen molar-refractivity contribution in [3.8, 4) is 0 Å². The van der Waals surface area contributed by atoms with Crippen LogP contribution in [0.3, 0.4) is 0 Å². The predicted octanol–water partition coefficient (Wildman–Crippen LogP) is 4.66. The minimum Gasteiger partial charge on any atom is -0.462 e. The highest BCUT2D eigenvalue weighted by molar-refractivity contribution is 7.80. The van der Waals surface area contributed by atoms with Crippen molar-refractivity contribution in [3.05, 3.63) is 52.2 Å². The van der Waals surface area contributed by atoms with E-state index < -0.39 is 0 Å². The number of hydrogen-bond donors (Lipinski definition) is 1. The molecule has 118 valence electrons. The van der Waals surface area contributed by atoms with Gasteiger partial charge in [-0.15, -0.1) is 24.0 Å². The Morgan fingerprint density at radius 3 is 2.74 bits per heavy atom. The highest BCUT2D eigenvalue weighted by Crippen LogP contribution is 2.27. The van der Waals surface area contributed by atoms with Crippen LogP contribution in [0, 0.1) is 0 Å². The molecule has 0 radical (unpaired) electrons. The standard InChI is InChI=1S/C18H16O3S2/c1-2-3-8-21-18(20)11-4-6-13-16(9-11)23-15-7-5-12(22)10-14(15)17(13)19/h4-7,9-10,22H,2-3,8H2,1H3. The van der Waals surface area contributed by atoms with Gasteiger partial charge in [0.15, 0.2) is 5.43 Å². The maximum atomic E-state index is 12.6. The molecule has 0 amide bonds. The van der Waals surface area contributed by atoms with Crippen LogP contribution >= 0.6 is 24.0 Å². The summed E-state index contributed by atoms with van der Waals surface area (Å²) < 4.78 is 6.91. The molecule has 0 aliphatic carbocycles. The van der Waals surface area contributed by atoms with Crippen molar-refractivity contribution < 1.29 is 9.53 Å². The van der Waals surface area contributed by atoms with Crippen LogP contribution in [0.4, 0.5) is 0 Å². The molecule has 23 heavy (non-hydrogen) atoms. The summed E-state index contributed by atoms with van der Waals surface area (Å²) in [4.78, 5) is 25.4. The van der Waals surface area contributed by atoms with Crippen LogP contribution in [-0.4, -0.2) is 12.6 Å². The zero-order valence-corrected chi connectivity index (χ0v) is 14.4. The Labute approximate surface area is 143 Å². The van der Waals surface area contributed by atoms with Gasteiger partial charge in [-0.05, 0) is 42.8 Å². The van der Waals surface area contributed by atoms with Crippen molar-refractivity contribution in [2.75, 3.05) is 6.61 Å². The zero-order chi connectivity index (χ0) is 16.4. The van der Waals surface area contributed by atoms with Crippen molar-refractivity contribution >= 4 is 50.1 Å². The summed E-state index contributed by atoms with van der Waals surface area (Å²) in [6.45, 7) is 2.47. The first-order chi connectivity index (χ1) is 11.1. The van der Waals surface area contributed by atoms with E-state index in [0.717, 1.165) is 27.1 Å². The van der Waals surface area contributed by atoms with E-state index in [1.807, 2.05) is 19.1 Å². The molecule has 1 heterocycles. The zero-order valence-electron chi connectivity index (χ0n) is 12.7. The Morgan fingerprint density at radius 1 is 1.13 bits per heavy atom. The van der Waals surface area contributed by atoms with E-state index in [9.17, 15) is 9.59 Å². The van der Waals surface area contributed by atoms with Gasteiger partial charge in [0.05, 0.1) is 12.2 Å². The molecule has 5 heteroatoms. The quantitative estimate of drug-likeness (QED) is 0.324. The first kappa shape index (κ1) is 16.0. The van der Waals surface area contributed by atoms with Gasteiger partial charge in [-0.1, -0.05) is 13.3 Å². The summed E-state index contributed by atoms with van der Waals surface area (Å²) in [6.07, 6.45) is 1.83. The highest BCUT2D eigenvalue weighted by atomic mass is 32.1. The summed E-state index contributed by atoms with van der Waals surface area (Å²) in [5.74, 6) is -0.342. The normalized spacial score (nSPS) is 11.0. The summed E-state index contributed by atoms with van der Waals surface area (Å²) in [5, 5.41) is 1.28. The first-order valence-corrected chi connectivity index (χ1v) is 8.73. The third kappa shape index (κ3) is 3.26. The molecule has 0 bridgehead atoms. The molecule has 3 rings (SSSR count). The molecule has 0 saturated carbocycles. The number of ether oxygens (including phenoxy) is 1. The molecular weight excluding hydrogens is 328 g/mol. The van der Waals surface area contributed by atoms with Crippen molar-refractivity contribution in [1.82, 2.24) is 0 Å². The molecule has 1 aromatic heterocycles. The Bertz CT molecular complexity index is 944. The molecule has 0 aliphatic heterocycles. The van der Waals surface area contributed by atoms with Crippen molar-refractivity contribution in [2.24, 2.45) is 0 Å². The maximum Gasteiger partial charge on any atom is 0.338 e. The fourth-order valence-electron chi connectivity index (χ4n) is 2.36. The van der Waals surface area contributed by atoms with E-state index in [2.05, 4.69) is 12.6 Å². The van der Waals surface area contributed by atoms with E-state index in [1.54, 1.807) is 24.3 Å². The van der Waals surface area contributed by atoms with Gasteiger partial charge in [0.25, 0.3) is 0 Å². The Morgan fingerprint density at radius 2 is 1.96 bits per heavy atom. The van der Waals surface area contributed by atoms with E-state index in [1.165, 1.54) is 11.3 Å². The SMILES string of the molecule is CCCCOC(=O)c1ccc2c(=O)c3cc(S)ccc3sc2c1. The summed E-state index contributed by atoms with van der Waals surface area (Å²) in [5.41, 5.74) is 0.449. The Balaban J connectivity index is 2.06. The molecule has 0 unspecified atom stereocenters. The van der Waals surface area contributed by atoms with Gasteiger partial charge in [0.1, 0.15) is 0 Å². The molecule has 0 spiro atoms. The average molecular weight is 344 g/mol. The lowest BCUT2D eigenvalue weighted by Gasteiger charge is -2.06. The number of carbonyl (C=O) groups excluding carboxylic acids is 1. The number of carbonyl (C=O) groups is 1. The van der Waals surface area contributed by atoms with Gasteiger partial charge in [0.2, 0.25) is 0 Å². The lowest BCUT2D eigenvalue weighted by atomic mass is 10.1. The maximum absolute atomic E-state index is 12.6. The lowest BCUT2D eigenvalue weighted by Crippen LogP contribution is -2.07. The third-order valence-corrected chi connectivity index (χ3v) is 5.03. The number of esters is 1. The van der Waals surface area contributed by atoms with Gasteiger partial charge in [-0.2, -0.15) is 0 Å². The molecule has 0 fully saturated rings. The second-order valence-electron chi connectivity index (χ2n) is 5.31. The van der Waals surface area contributed by atoms with Crippen molar-refractivity contribution in [1.29, 1.82) is 0 Å². The van der Waals surface area contributed by atoms with Crippen LogP contribution < -0.4 is 5.43 Å². The minimum atomic E-state index is -0.342. The van der Waals surface area contributed by atoms with E-state index in [4.69, 9.17) is 4.74 Å². The number of unbranched alkanes of at least 4 members (excludes halogenated alkanes) is 1.